The fourth-order valence-electron chi connectivity index (χ4n) is 0.553. The van der Waals surface area contributed by atoms with Crippen molar-refractivity contribution in [1.82, 2.24) is 4.98 Å². The van der Waals surface area contributed by atoms with Crippen LogP contribution in [0.2, 0.25) is 0 Å². The van der Waals surface area contributed by atoms with Gasteiger partial charge < -0.3 is 4.74 Å². The van der Waals surface area contributed by atoms with Gasteiger partial charge in [0.25, 0.3) is 5.19 Å². The van der Waals surface area contributed by atoms with E-state index in [9.17, 15) is 0 Å². The third-order valence-corrected chi connectivity index (χ3v) is 1.71. The van der Waals surface area contributed by atoms with E-state index in [0.29, 0.717) is 0 Å². The monoisotopic (exact) mass is 156 g/mol. The first kappa shape index (κ1) is 7.54. The van der Waals surface area contributed by atoms with Crippen molar-refractivity contribution in [3.05, 3.63) is 11.6 Å². The summed E-state index contributed by atoms with van der Waals surface area (Å²) in [6, 6.07) is 0. The van der Waals surface area contributed by atoms with Crippen molar-refractivity contribution >= 4 is 11.3 Å². The Bertz CT molecular complexity index is 162. The lowest BCUT2D eigenvalue weighted by atomic mass is 10.4. The number of ether oxygens (including phenoxy) is 1. The minimum Gasteiger partial charge on any atom is -0.470 e. The van der Waals surface area contributed by atoms with Crippen LogP contribution >= 0.6 is 11.3 Å². The molecule has 2 nitrogen and oxygen atoms in total. The second kappa shape index (κ2) is 4.28. The first-order chi connectivity index (χ1) is 4.93. The van der Waals surface area contributed by atoms with Crippen molar-refractivity contribution in [3.8, 4) is 5.19 Å². The highest BCUT2D eigenvalue weighted by molar-refractivity contribution is 7.10. The summed E-state index contributed by atoms with van der Waals surface area (Å²) in [6.07, 6.45) is 3.89. The Labute approximate surface area is 64.9 Å². The Morgan fingerprint density at radius 2 is 2.70 bits per heavy atom. The third kappa shape index (κ3) is 2.35. The van der Waals surface area contributed by atoms with Crippen molar-refractivity contribution < 1.29 is 4.74 Å². The summed E-state index contributed by atoms with van der Waals surface area (Å²) < 4.78 is 5.26. The molecular weight excluding hydrogens is 146 g/mol. The van der Waals surface area contributed by atoms with E-state index in [4.69, 9.17) is 4.74 Å². The molecule has 0 N–H and O–H groups in total. The zero-order valence-electron chi connectivity index (χ0n) is 5.96. The Kier molecular flexibility index (Phi) is 3.22. The lowest BCUT2D eigenvalue weighted by Crippen LogP contribution is -1.94. The molecule has 1 heterocycles. The smallest absolute Gasteiger partial charge is 0.273 e. The molecule has 0 aliphatic carbocycles. The maximum Gasteiger partial charge on any atom is 0.273 e. The maximum absolute atomic E-state index is 5.26. The van der Waals surface area contributed by atoms with Gasteiger partial charge in [-0.3, -0.25) is 0 Å². The van der Waals surface area contributed by atoms with Gasteiger partial charge in [-0.1, -0.05) is 24.7 Å². The van der Waals surface area contributed by atoms with Gasteiger partial charge in [-0.2, -0.15) is 0 Å². The van der Waals surface area contributed by atoms with Gasteiger partial charge in [0.2, 0.25) is 0 Å². The number of rotatable bonds is 4. The van der Waals surface area contributed by atoms with E-state index < -0.39 is 0 Å². The van der Waals surface area contributed by atoms with Crippen LogP contribution in [0, 0.1) is 5.38 Å². The van der Waals surface area contributed by atoms with Gasteiger partial charge in [-0.05, 0) is 6.42 Å². The number of hydrogen-bond donors (Lipinski definition) is 0. The molecule has 3 heteroatoms. The fourth-order valence-corrected chi connectivity index (χ4v) is 1.01. The van der Waals surface area contributed by atoms with Crippen molar-refractivity contribution in [2.75, 3.05) is 6.61 Å². The first-order valence-corrected chi connectivity index (χ1v) is 4.20. The zero-order chi connectivity index (χ0) is 7.23. The molecule has 0 aliphatic rings. The quantitative estimate of drug-likeness (QED) is 0.623. The molecule has 0 bridgehead atoms. The lowest BCUT2D eigenvalue weighted by Gasteiger charge is -1.97. The molecule has 0 saturated carbocycles. The van der Waals surface area contributed by atoms with Crippen LogP contribution in [0.4, 0.5) is 0 Å². The van der Waals surface area contributed by atoms with Crippen LogP contribution in [0.25, 0.3) is 0 Å². The molecule has 0 unspecified atom stereocenters. The molecule has 0 amide bonds. The average molecular weight is 156 g/mol. The van der Waals surface area contributed by atoms with Gasteiger partial charge in [-0.15, -0.1) is 0 Å². The van der Waals surface area contributed by atoms with E-state index >= 15 is 0 Å². The summed E-state index contributed by atoms with van der Waals surface area (Å²) in [5.41, 5.74) is 0. The molecule has 0 spiro atoms. The van der Waals surface area contributed by atoms with Gasteiger partial charge in [0.05, 0.1) is 18.2 Å². The number of aromatic nitrogens is 1. The highest BCUT2D eigenvalue weighted by Gasteiger charge is 1.92. The Hall–Kier alpha value is -0.570. The summed E-state index contributed by atoms with van der Waals surface area (Å²) in [6.45, 7) is 2.91. The van der Waals surface area contributed by atoms with Crippen molar-refractivity contribution in [2.24, 2.45) is 0 Å². The van der Waals surface area contributed by atoms with Crippen LogP contribution in [0.5, 0.6) is 5.19 Å². The van der Waals surface area contributed by atoms with Gasteiger partial charge in [0, 0.05) is 0 Å². The Morgan fingerprint density at radius 1 is 1.80 bits per heavy atom. The van der Waals surface area contributed by atoms with E-state index in [1.54, 1.807) is 6.20 Å². The molecular formula is C7H10NOS. The van der Waals surface area contributed by atoms with Crippen LogP contribution in [-0.4, -0.2) is 11.6 Å². The van der Waals surface area contributed by atoms with E-state index in [1.165, 1.54) is 11.3 Å². The third-order valence-electron chi connectivity index (χ3n) is 1.09. The van der Waals surface area contributed by atoms with Gasteiger partial charge in [0.1, 0.15) is 0 Å². The molecule has 1 radical (unpaired) electrons. The van der Waals surface area contributed by atoms with Gasteiger partial charge in [0.15, 0.2) is 0 Å². The SMILES string of the molecule is CCCCOc1nc[c]s1. The van der Waals surface area contributed by atoms with Crippen LogP contribution < -0.4 is 4.74 Å². The normalized spacial score (nSPS) is 9.70. The second-order valence-corrected chi connectivity index (χ2v) is 2.74. The minimum atomic E-state index is 0.730. The first-order valence-electron chi connectivity index (χ1n) is 3.38. The van der Waals surface area contributed by atoms with Crippen molar-refractivity contribution in [3.63, 3.8) is 0 Å². The topological polar surface area (TPSA) is 22.1 Å². The predicted molar refractivity (Wildman–Crippen MR) is 41.4 cm³/mol. The lowest BCUT2D eigenvalue weighted by molar-refractivity contribution is 0.308. The van der Waals surface area contributed by atoms with Crippen molar-refractivity contribution in [1.29, 1.82) is 0 Å². The Morgan fingerprint density at radius 3 is 3.30 bits per heavy atom. The van der Waals surface area contributed by atoms with E-state index in [0.717, 1.165) is 24.6 Å². The van der Waals surface area contributed by atoms with E-state index in [-0.39, 0.29) is 0 Å². The van der Waals surface area contributed by atoms with E-state index in [1.807, 2.05) is 0 Å². The zero-order valence-corrected chi connectivity index (χ0v) is 6.78. The molecule has 0 fully saturated rings. The molecule has 55 valence electrons. The van der Waals surface area contributed by atoms with Crippen LogP contribution in [0.3, 0.4) is 0 Å². The predicted octanol–water partition coefficient (Wildman–Crippen LogP) is 2.12. The summed E-state index contributed by atoms with van der Waals surface area (Å²) in [5.74, 6) is 0. The highest BCUT2D eigenvalue weighted by Crippen LogP contribution is 2.12. The van der Waals surface area contributed by atoms with Crippen molar-refractivity contribution in [2.45, 2.75) is 19.8 Å². The van der Waals surface area contributed by atoms with Crippen LogP contribution in [0.15, 0.2) is 6.20 Å². The number of hydrogen-bond acceptors (Lipinski definition) is 3. The summed E-state index contributed by atoms with van der Waals surface area (Å²) in [5, 5.41) is 3.59. The second-order valence-electron chi connectivity index (χ2n) is 1.95. The largest absolute Gasteiger partial charge is 0.470 e. The molecule has 1 aromatic heterocycles. The number of thiazole rings is 1. The van der Waals surface area contributed by atoms with Gasteiger partial charge in [-0.25, -0.2) is 4.98 Å². The average Bonchev–Trinajstić information content (AvgIpc) is 2.41. The summed E-state index contributed by atoms with van der Waals surface area (Å²) in [4.78, 5) is 3.93. The highest BCUT2D eigenvalue weighted by atomic mass is 32.1. The minimum absolute atomic E-state index is 0.730. The summed E-state index contributed by atoms with van der Waals surface area (Å²) in [7, 11) is 0. The van der Waals surface area contributed by atoms with E-state index in [2.05, 4.69) is 17.3 Å². The number of unbranched alkanes of at least 4 members (excludes halogenated alkanes) is 1. The molecule has 1 rings (SSSR count). The molecule has 0 aromatic carbocycles. The Balaban J connectivity index is 2.15. The maximum atomic E-state index is 5.26. The molecule has 1 aromatic rings. The number of nitrogens with zero attached hydrogens (tertiary/aromatic N) is 1. The fraction of sp³-hybridized carbons (Fsp3) is 0.571. The molecule has 10 heavy (non-hydrogen) atoms. The van der Waals surface area contributed by atoms with Gasteiger partial charge >= 0.3 is 0 Å². The van der Waals surface area contributed by atoms with Crippen LogP contribution in [-0.2, 0) is 0 Å². The van der Waals surface area contributed by atoms with Crippen LogP contribution in [0.1, 0.15) is 19.8 Å². The summed E-state index contributed by atoms with van der Waals surface area (Å²) >= 11 is 1.42. The molecule has 0 saturated heterocycles. The standard InChI is InChI=1S/C7H10NOS/c1-2-3-5-9-7-8-4-6-10-7/h4H,2-3,5H2,1H3. The molecule has 0 atom stereocenters. The molecule has 0 aliphatic heterocycles.